The van der Waals surface area contributed by atoms with Gasteiger partial charge in [0, 0.05) is 23.5 Å². The normalized spacial score (nSPS) is 11.6. The molecule has 1 amide bonds. The Bertz CT molecular complexity index is 1050. The van der Waals surface area contributed by atoms with Crippen LogP contribution in [0.25, 0.3) is 6.08 Å². The van der Waals surface area contributed by atoms with E-state index in [2.05, 4.69) is 15.5 Å². The van der Waals surface area contributed by atoms with Crippen molar-refractivity contribution in [2.45, 2.75) is 0 Å². The first kappa shape index (κ1) is 19.6. The van der Waals surface area contributed by atoms with Gasteiger partial charge in [0.15, 0.2) is 0 Å². The molecule has 0 atom stereocenters. The number of hydrazone groups is 1. The van der Waals surface area contributed by atoms with Crippen LogP contribution in [-0.2, 0) is 0 Å². The minimum Gasteiger partial charge on any atom is -0.507 e. The van der Waals surface area contributed by atoms with E-state index in [0.717, 1.165) is 0 Å². The maximum Gasteiger partial charge on any atom is 0.271 e. The fourth-order valence-electron chi connectivity index (χ4n) is 2.37. The zero-order chi connectivity index (χ0) is 19.9. The molecule has 7 heteroatoms. The van der Waals surface area contributed by atoms with Crippen LogP contribution in [-0.4, -0.2) is 21.7 Å². The zero-order valence-electron chi connectivity index (χ0n) is 14.5. The number of carbonyl (C=O) groups excluding carboxylic acids is 1. The number of carbonyl (C=O) groups is 1. The van der Waals surface area contributed by atoms with Crippen LogP contribution in [0.15, 0.2) is 78.2 Å². The lowest BCUT2D eigenvalue weighted by Gasteiger charge is -2.06. The lowest BCUT2D eigenvalue weighted by Crippen LogP contribution is -2.19. The number of para-hydroxylation sites is 1. The number of phenolic OH excluding ortho intramolecular Hbond substituents is 1. The molecule has 3 rings (SSSR count). The van der Waals surface area contributed by atoms with Crippen molar-refractivity contribution in [3.63, 3.8) is 0 Å². The molecule has 0 radical (unpaired) electrons. The molecule has 0 bridgehead atoms. The standard InChI is InChI=1S/C21H15Cl2N3O2/c22-17-6-3-4-14(20(17)23)8-9-18(16-5-1-2-7-19(16)27)25-26-21(28)15-10-12-24-13-11-15/h1-13,27H,(H,26,28)/b9-8+,25-18-. The van der Waals surface area contributed by atoms with Gasteiger partial charge in [-0.25, -0.2) is 5.43 Å². The minimum atomic E-state index is -0.399. The number of hydrogen-bond donors (Lipinski definition) is 2. The molecule has 140 valence electrons. The van der Waals surface area contributed by atoms with Gasteiger partial charge < -0.3 is 5.11 Å². The third-order valence-electron chi connectivity index (χ3n) is 3.80. The molecular weight excluding hydrogens is 397 g/mol. The largest absolute Gasteiger partial charge is 0.507 e. The van der Waals surface area contributed by atoms with Gasteiger partial charge in [-0.2, -0.15) is 5.10 Å². The van der Waals surface area contributed by atoms with Crippen molar-refractivity contribution in [1.82, 2.24) is 10.4 Å². The van der Waals surface area contributed by atoms with Crippen LogP contribution >= 0.6 is 23.2 Å². The van der Waals surface area contributed by atoms with E-state index in [4.69, 9.17) is 23.2 Å². The van der Waals surface area contributed by atoms with Gasteiger partial charge in [-0.05, 0) is 42.0 Å². The molecule has 0 aliphatic rings. The van der Waals surface area contributed by atoms with Gasteiger partial charge in [-0.15, -0.1) is 0 Å². The second-order valence-corrected chi connectivity index (χ2v) is 6.45. The number of aromatic hydroxyl groups is 1. The third-order valence-corrected chi connectivity index (χ3v) is 4.64. The molecule has 0 aliphatic heterocycles. The van der Waals surface area contributed by atoms with Gasteiger partial charge in [0.05, 0.1) is 15.8 Å². The van der Waals surface area contributed by atoms with Gasteiger partial charge in [0.1, 0.15) is 5.75 Å². The summed E-state index contributed by atoms with van der Waals surface area (Å²) in [6.45, 7) is 0. The van der Waals surface area contributed by atoms with Gasteiger partial charge in [-0.3, -0.25) is 9.78 Å². The predicted octanol–water partition coefficient (Wildman–Crippen LogP) is 4.94. The number of aromatic nitrogens is 1. The van der Waals surface area contributed by atoms with Crippen molar-refractivity contribution in [3.05, 3.63) is 99.8 Å². The van der Waals surface area contributed by atoms with Crippen molar-refractivity contribution in [2.75, 3.05) is 0 Å². The van der Waals surface area contributed by atoms with E-state index >= 15 is 0 Å². The number of amides is 1. The molecule has 0 saturated carbocycles. The Labute approximate surface area is 172 Å². The highest BCUT2D eigenvalue weighted by Gasteiger charge is 2.09. The molecule has 28 heavy (non-hydrogen) atoms. The molecule has 0 spiro atoms. The van der Waals surface area contributed by atoms with Gasteiger partial charge in [0.2, 0.25) is 0 Å². The number of allylic oxidation sites excluding steroid dienone is 1. The summed E-state index contributed by atoms with van der Waals surface area (Å²) in [5.41, 5.74) is 4.37. The monoisotopic (exact) mass is 411 g/mol. The van der Waals surface area contributed by atoms with Crippen LogP contribution in [0.5, 0.6) is 5.75 Å². The van der Waals surface area contributed by atoms with E-state index in [9.17, 15) is 9.90 Å². The van der Waals surface area contributed by atoms with Gasteiger partial charge in [-0.1, -0.05) is 53.5 Å². The topological polar surface area (TPSA) is 74.6 Å². The summed E-state index contributed by atoms with van der Waals surface area (Å²) in [6, 6.07) is 15.1. The van der Waals surface area contributed by atoms with Crippen molar-refractivity contribution in [2.24, 2.45) is 5.10 Å². The second kappa shape index (κ2) is 9.17. The average molecular weight is 412 g/mol. The Hall–Kier alpha value is -3.15. The Morgan fingerprint density at radius 1 is 1.04 bits per heavy atom. The summed E-state index contributed by atoms with van der Waals surface area (Å²) in [5.74, 6) is -0.370. The summed E-state index contributed by atoms with van der Waals surface area (Å²) >= 11 is 12.3. The SMILES string of the molecule is O=C(N/N=C(/C=C/c1cccc(Cl)c1Cl)c1ccccc1O)c1ccncc1. The molecule has 5 nitrogen and oxygen atoms in total. The van der Waals surface area contributed by atoms with Crippen LogP contribution in [0.4, 0.5) is 0 Å². The number of benzene rings is 2. The number of nitrogens with one attached hydrogen (secondary N) is 1. The number of halogens is 2. The Morgan fingerprint density at radius 3 is 2.54 bits per heavy atom. The molecule has 0 unspecified atom stereocenters. The zero-order valence-corrected chi connectivity index (χ0v) is 16.0. The fourth-order valence-corrected chi connectivity index (χ4v) is 2.75. The maximum absolute atomic E-state index is 12.3. The molecule has 1 aromatic heterocycles. The van der Waals surface area contributed by atoms with E-state index in [0.29, 0.717) is 32.4 Å². The lowest BCUT2D eigenvalue weighted by atomic mass is 10.1. The maximum atomic E-state index is 12.3. The van der Waals surface area contributed by atoms with Crippen molar-refractivity contribution in [3.8, 4) is 5.75 Å². The Balaban J connectivity index is 1.94. The molecule has 0 aliphatic carbocycles. The molecule has 3 aromatic rings. The fraction of sp³-hybridized carbons (Fsp3) is 0. The molecule has 0 saturated heterocycles. The van der Waals surface area contributed by atoms with Crippen LogP contribution in [0, 0.1) is 0 Å². The molecule has 1 heterocycles. The Morgan fingerprint density at radius 2 is 1.79 bits per heavy atom. The number of hydrogen-bond acceptors (Lipinski definition) is 4. The molecule has 2 aromatic carbocycles. The third kappa shape index (κ3) is 4.76. The Kier molecular flexibility index (Phi) is 6.42. The highest BCUT2D eigenvalue weighted by Crippen LogP contribution is 2.27. The highest BCUT2D eigenvalue weighted by molar-refractivity contribution is 6.43. The van der Waals surface area contributed by atoms with Crippen molar-refractivity contribution < 1.29 is 9.90 Å². The average Bonchev–Trinajstić information content (AvgIpc) is 2.72. The number of pyridine rings is 1. The van der Waals surface area contributed by atoms with E-state index in [1.165, 1.54) is 18.5 Å². The number of nitrogens with zero attached hydrogens (tertiary/aromatic N) is 2. The summed E-state index contributed by atoms with van der Waals surface area (Å²) in [7, 11) is 0. The van der Waals surface area contributed by atoms with Crippen LogP contribution in [0.3, 0.4) is 0 Å². The number of rotatable bonds is 5. The molecule has 0 fully saturated rings. The first-order valence-electron chi connectivity index (χ1n) is 8.25. The lowest BCUT2D eigenvalue weighted by molar-refractivity contribution is 0.0955. The first-order chi connectivity index (χ1) is 13.6. The van der Waals surface area contributed by atoms with Gasteiger partial charge in [0.25, 0.3) is 5.91 Å². The van der Waals surface area contributed by atoms with Crippen LogP contribution < -0.4 is 5.43 Å². The minimum absolute atomic E-state index is 0.0289. The van der Waals surface area contributed by atoms with Crippen LogP contribution in [0.1, 0.15) is 21.5 Å². The van der Waals surface area contributed by atoms with Crippen molar-refractivity contribution >= 4 is 40.9 Å². The van der Waals surface area contributed by atoms with E-state index < -0.39 is 5.91 Å². The van der Waals surface area contributed by atoms with E-state index in [1.807, 2.05) is 0 Å². The quantitative estimate of drug-likeness (QED) is 0.461. The van der Waals surface area contributed by atoms with E-state index in [1.54, 1.807) is 60.7 Å². The first-order valence-corrected chi connectivity index (χ1v) is 9.00. The van der Waals surface area contributed by atoms with Gasteiger partial charge >= 0.3 is 0 Å². The van der Waals surface area contributed by atoms with Crippen LogP contribution in [0.2, 0.25) is 10.0 Å². The molecular formula is C21H15Cl2N3O2. The summed E-state index contributed by atoms with van der Waals surface area (Å²) in [5, 5.41) is 15.2. The van der Waals surface area contributed by atoms with Crippen molar-refractivity contribution in [1.29, 1.82) is 0 Å². The predicted molar refractivity (Wildman–Crippen MR) is 112 cm³/mol. The highest BCUT2D eigenvalue weighted by atomic mass is 35.5. The van der Waals surface area contributed by atoms with E-state index in [-0.39, 0.29) is 5.75 Å². The summed E-state index contributed by atoms with van der Waals surface area (Å²) in [4.78, 5) is 16.1. The number of phenols is 1. The summed E-state index contributed by atoms with van der Waals surface area (Å²) in [6.07, 6.45) is 6.38. The molecule has 2 N–H and O–H groups in total. The smallest absolute Gasteiger partial charge is 0.271 e. The second-order valence-electron chi connectivity index (χ2n) is 5.67. The summed E-state index contributed by atoms with van der Waals surface area (Å²) < 4.78 is 0.